The van der Waals surface area contributed by atoms with Crippen LogP contribution in [0.3, 0.4) is 0 Å². The molecule has 17 rings (SSSR count). The van der Waals surface area contributed by atoms with Crippen molar-refractivity contribution in [3.8, 4) is 61.9 Å². The molecule has 14 nitrogen and oxygen atoms in total. The molecule has 0 aliphatic heterocycles. The molecule has 17 aromatic rings. The van der Waals surface area contributed by atoms with Crippen molar-refractivity contribution in [3.05, 3.63) is 335 Å². The third-order valence-corrected chi connectivity index (χ3v) is 22.7. The van der Waals surface area contributed by atoms with E-state index in [0.717, 1.165) is 34.0 Å². The van der Waals surface area contributed by atoms with E-state index in [4.69, 9.17) is 9.97 Å². The normalized spacial score (nSPS) is 11.4. The SMILES string of the molecule is Cc1cc(-c2c(-c3ccccc3)cccc2-c2ccccc2)ncc1-[n+]1c2ccccc2c(C)n1C.Cc1cc(C(C)C)nc(C(C)C)c1-[n+]1c2ccccc2c(C)n1C.Cc1cc(C(C)C)ncc1-[n+]1c2ccccc2c(C)n1C.Cc1ccccc1-n1ccc[n+]1C.Cc1ccnc(C(C)C)c1-[n+]1c2ccccc2c(C)n1C. The molecule has 0 saturated carbocycles. The first-order valence-electron chi connectivity index (χ1n) is 40.4. The van der Waals surface area contributed by atoms with Gasteiger partial charge < -0.3 is 0 Å². The van der Waals surface area contributed by atoms with Crippen molar-refractivity contribution in [2.24, 2.45) is 35.2 Å². The molecular formula is C101H113N14+5. The number of nitrogens with zero attached hydrogens (tertiary/aromatic N) is 14. The number of para-hydroxylation sites is 5. The van der Waals surface area contributed by atoms with Gasteiger partial charge in [-0.05, 0) is 157 Å². The molecule has 0 radical (unpaired) electrons. The minimum absolute atomic E-state index is 0.374. The van der Waals surface area contributed by atoms with Crippen LogP contribution in [0.1, 0.15) is 152 Å². The number of fused-ring (bicyclic) bond motifs is 4. The number of aryl methyl sites for hydroxylation is 10. The van der Waals surface area contributed by atoms with Gasteiger partial charge in [-0.25, -0.2) is 4.98 Å². The van der Waals surface area contributed by atoms with Crippen molar-refractivity contribution in [1.82, 2.24) is 43.3 Å². The van der Waals surface area contributed by atoms with Crippen molar-refractivity contribution in [2.75, 3.05) is 0 Å². The average molecular weight is 1520 g/mol. The number of benzene rings is 8. The predicted molar refractivity (Wildman–Crippen MR) is 471 cm³/mol. The average Bonchev–Trinajstić information content (AvgIpc) is 1.66. The fraction of sp³-hybridized carbons (Fsp3) is 0.257. The van der Waals surface area contributed by atoms with Gasteiger partial charge in [-0.2, -0.15) is 18.7 Å². The highest BCUT2D eigenvalue weighted by Gasteiger charge is 2.32. The van der Waals surface area contributed by atoms with Gasteiger partial charge in [0.1, 0.15) is 29.5 Å². The summed E-state index contributed by atoms with van der Waals surface area (Å²) >= 11 is 0. The van der Waals surface area contributed by atoms with Gasteiger partial charge in [0.25, 0.3) is 22.7 Å². The summed E-state index contributed by atoms with van der Waals surface area (Å²) in [5, 5.41) is 5.12. The van der Waals surface area contributed by atoms with Gasteiger partial charge in [0, 0.05) is 87.6 Å². The molecule has 0 amide bonds. The van der Waals surface area contributed by atoms with Gasteiger partial charge in [0.15, 0.2) is 13.2 Å². The third kappa shape index (κ3) is 16.0. The molecule has 0 fully saturated rings. The zero-order valence-electron chi connectivity index (χ0n) is 71.4. The summed E-state index contributed by atoms with van der Waals surface area (Å²) in [6.07, 6.45) is 10.0. The number of pyridine rings is 4. The fourth-order valence-electron chi connectivity index (χ4n) is 15.9. The Morgan fingerprint density at radius 1 is 0.330 bits per heavy atom. The maximum absolute atomic E-state index is 5.08. The highest BCUT2D eigenvalue weighted by Crippen LogP contribution is 2.40. The third-order valence-electron chi connectivity index (χ3n) is 22.7. The summed E-state index contributed by atoms with van der Waals surface area (Å²) in [4.78, 5) is 19.4. The fourth-order valence-corrected chi connectivity index (χ4v) is 15.9. The lowest BCUT2D eigenvalue weighted by atomic mass is 9.89. The molecule has 14 heteroatoms. The van der Waals surface area contributed by atoms with E-state index in [1.165, 1.54) is 145 Å². The van der Waals surface area contributed by atoms with E-state index < -0.39 is 0 Å². The standard InChI is InChI=1S/C33H28N3.C21H28N3.2C18H22N3.C11H13N2/c1-23-21-30(34-22-32(23)36-31-20-11-10-17-27(31)24(2)35(36)3)33-28(25-13-6-4-7-14-25)18-12-19-29(33)26-15-8-5-9-16-26;1-13(2)18-12-15(5)21(20(22-18)14(3)4)24-19-11-9-8-10-17(19)16(6)23(24)7;1-12(2)16-10-13(3)18(11-19-16)21-17-9-7-6-8-15(17)14(4)20(21)5;1-12(2)17-18(13(3)10-11-19-17)21-16-9-7-6-8-15(16)14(4)20(21)5;1-10-6-3-4-7-11(10)13-9-5-8-12(13)2/h4-22H,1-3H3;8-14H,1-7H3;2*6-12H,1-5H3;3-9H,1-2H3/q5*+1. The Morgan fingerprint density at radius 2 is 0.730 bits per heavy atom. The van der Waals surface area contributed by atoms with Gasteiger partial charge in [0.05, 0.1) is 84.4 Å². The number of rotatable bonds is 12. The van der Waals surface area contributed by atoms with Crippen LogP contribution in [-0.2, 0) is 35.2 Å². The Bertz CT molecular complexity index is 6300. The quantitative estimate of drug-likeness (QED) is 0.114. The van der Waals surface area contributed by atoms with Gasteiger partial charge in [0.2, 0.25) is 22.1 Å². The molecule has 115 heavy (non-hydrogen) atoms. The Kier molecular flexibility index (Phi) is 24.1. The van der Waals surface area contributed by atoms with Gasteiger partial charge >= 0.3 is 0 Å². The van der Waals surface area contributed by atoms with Crippen LogP contribution in [0.2, 0.25) is 0 Å². The van der Waals surface area contributed by atoms with Crippen LogP contribution >= 0.6 is 0 Å². The van der Waals surface area contributed by atoms with Crippen molar-refractivity contribution in [1.29, 1.82) is 0 Å². The molecule has 0 saturated heterocycles. The zero-order chi connectivity index (χ0) is 81.8. The van der Waals surface area contributed by atoms with Gasteiger partial charge in [-0.1, -0.05) is 220 Å². The lowest BCUT2D eigenvalue weighted by molar-refractivity contribution is -0.744. The Morgan fingerprint density at radius 3 is 1.16 bits per heavy atom. The van der Waals surface area contributed by atoms with Crippen LogP contribution in [0.5, 0.6) is 0 Å². The van der Waals surface area contributed by atoms with Gasteiger partial charge in [-0.3, -0.25) is 15.0 Å². The Balaban J connectivity index is 0.000000130. The van der Waals surface area contributed by atoms with Crippen molar-refractivity contribution < 1.29 is 23.4 Å². The molecule has 0 aliphatic rings. The topological polar surface area (TPSA) is 95.6 Å². The lowest BCUT2D eigenvalue weighted by Gasteiger charge is -2.16. The first kappa shape index (κ1) is 80.5. The number of aromatic nitrogens is 14. The smallest absolute Gasteiger partial charge is 0.254 e. The van der Waals surface area contributed by atoms with Crippen LogP contribution in [0.15, 0.2) is 262 Å². The molecule has 0 N–H and O–H groups in total. The highest BCUT2D eigenvalue weighted by atomic mass is 15.4. The summed E-state index contributed by atoms with van der Waals surface area (Å²) in [5.41, 5.74) is 33.6. The maximum Gasteiger partial charge on any atom is 0.260 e. The monoisotopic (exact) mass is 1520 g/mol. The van der Waals surface area contributed by atoms with E-state index in [9.17, 15) is 0 Å². The Hall–Kier alpha value is -12.6. The number of hydrogen-bond donors (Lipinski definition) is 0. The Labute approximate surface area is 679 Å². The molecule has 582 valence electrons. The summed E-state index contributed by atoms with van der Waals surface area (Å²) in [7, 11) is 10.5. The predicted octanol–water partition coefficient (Wildman–Crippen LogP) is 21.0. The molecule has 0 bridgehead atoms. The molecular weight excluding hydrogens is 1410 g/mol. The van der Waals surface area contributed by atoms with E-state index in [1.807, 2.05) is 37.9 Å². The van der Waals surface area contributed by atoms with Crippen LogP contribution in [0.25, 0.3) is 106 Å². The zero-order valence-corrected chi connectivity index (χ0v) is 71.4. The van der Waals surface area contributed by atoms with Crippen molar-refractivity contribution >= 4 is 43.6 Å². The van der Waals surface area contributed by atoms with Crippen LogP contribution in [-0.4, -0.2) is 43.3 Å². The second-order valence-electron chi connectivity index (χ2n) is 31.7. The van der Waals surface area contributed by atoms with E-state index in [-0.39, 0.29) is 0 Å². The van der Waals surface area contributed by atoms with Crippen LogP contribution in [0.4, 0.5) is 0 Å². The summed E-state index contributed by atoms with van der Waals surface area (Å²) in [6.45, 7) is 37.1. The van der Waals surface area contributed by atoms with Crippen molar-refractivity contribution in [2.45, 2.75) is 141 Å². The number of hydrogen-bond acceptors (Lipinski definition) is 4. The van der Waals surface area contributed by atoms with E-state index in [2.05, 4.69) is 433 Å². The van der Waals surface area contributed by atoms with E-state index in [0.29, 0.717) is 23.7 Å². The van der Waals surface area contributed by atoms with Gasteiger partial charge in [-0.15, -0.1) is 9.36 Å². The maximum atomic E-state index is 5.08. The molecule has 8 aromatic carbocycles. The second kappa shape index (κ2) is 34.4. The van der Waals surface area contributed by atoms with E-state index >= 15 is 0 Å². The summed E-state index contributed by atoms with van der Waals surface area (Å²) in [5.74, 6) is 1.65. The van der Waals surface area contributed by atoms with Crippen LogP contribution < -0.4 is 23.4 Å². The second-order valence-corrected chi connectivity index (χ2v) is 31.7. The summed E-state index contributed by atoms with van der Waals surface area (Å²) in [6, 6.07) is 81.1. The highest BCUT2D eigenvalue weighted by molar-refractivity contribution is 5.94. The van der Waals surface area contributed by atoms with Crippen molar-refractivity contribution in [3.63, 3.8) is 0 Å². The largest absolute Gasteiger partial charge is 0.260 e. The summed E-state index contributed by atoms with van der Waals surface area (Å²) < 4.78 is 22.2. The first-order valence-corrected chi connectivity index (χ1v) is 40.4. The molecule has 0 unspecified atom stereocenters. The molecule has 0 atom stereocenters. The molecule has 0 aliphatic carbocycles. The minimum atomic E-state index is 0.374. The minimum Gasteiger partial charge on any atom is -0.254 e. The molecule has 0 spiro atoms. The lowest BCUT2D eigenvalue weighted by Crippen LogP contribution is -2.42. The molecule has 9 aromatic heterocycles. The molecule has 9 heterocycles. The van der Waals surface area contributed by atoms with E-state index in [1.54, 1.807) is 0 Å². The van der Waals surface area contributed by atoms with Crippen LogP contribution in [0, 0.1) is 62.3 Å². The first-order chi connectivity index (χ1) is 55.3.